The maximum Gasteiger partial charge on any atom is 0.315 e. The molecule has 0 heterocycles. The Morgan fingerprint density at radius 3 is 2.42 bits per heavy atom. The SMILES string of the molecule is O=C(Cc1ccc(F)cc1F)Oc1ccccc1F. The molecule has 0 amide bonds. The smallest absolute Gasteiger partial charge is 0.315 e. The zero-order chi connectivity index (χ0) is 13.8. The molecule has 0 radical (unpaired) electrons. The van der Waals surface area contributed by atoms with Crippen LogP contribution in [0, 0.1) is 17.5 Å². The predicted molar refractivity (Wildman–Crippen MR) is 62.1 cm³/mol. The zero-order valence-electron chi connectivity index (χ0n) is 9.70. The minimum Gasteiger partial charge on any atom is -0.423 e. The van der Waals surface area contributed by atoms with Crippen molar-refractivity contribution in [1.29, 1.82) is 0 Å². The van der Waals surface area contributed by atoms with Gasteiger partial charge in [-0.15, -0.1) is 0 Å². The molecule has 2 aromatic rings. The van der Waals surface area contributed by atoms with Crippen molar-refractivity contribution in [2.75, 3.05) is 0 Å². The summed E-state index contributed by atoms with van der Waals surface area (Å²) in [6.45, 7) is 0. The van der Waals surface area contributed by atoms with Gasteiger partial charge in [0.05, 0.1) is 6.42 Å². The first-order valence-corrected chi connectivity index (χ1v) is 5.45. The second kappa shape index (κ2) is 5.56. The van der Waals surface area contributed by atoms with Crippen molar-refractivity contribution in [3.63, 3.8) is 0 Å². The molecule has 0 N–H and O–H groups in total. The zero-order valence-corrected chi connectivity index (χ0v) is 9.70. The van der Waals surface area contributed by atoms with Gasteiger partial charge in [0.25, 0.3) is 0 Å². The minimum absolute atomic E-state index is 0.0114. The molecule has 2 nitrogen and oxygen atoms in total. The molecule has 0 saturated heterocycles. The largest absolute Gasteiger partial charge is 0.423 e. The lowest BCUT2D eigenvalue weighted by molar-refractivity contribution is -0.133. The van der Waals surface area contributed by atoms with Gasteiger partial charge in [-0.3, -0.25) is 4.79 Å². The Kier molecular flexibility index (Phi) is 3.85. The van der Waals surface area contributed by atoms with Gasteiger partial charge < -0.3 is 4.74 Å². The molecule has 0 spiro atoms. The molecule has 0 unspecified atom stereocenters. The highest BCUT2D eigenvalue weighted by Crippen LogP contribution is 2.17. The Morgan fingerprint density at radius 1 is 1.00 bits per heavy atom. The number of rotatable bonds is 3. The van der Waals surface area contributed by atoms with Gasteiger partial charge in [0, 0.05) is 6.07 Å². The molecule has 0 fully saturated rings. The first-order valence-electron chi connectivity index (χ1n) is 5.45. The summed E-state index contributed by atoms with van der Waals surface area (Å²) in [5.41, 5.74) is -0.0114. The summed E-state index contributed by atoms with van der Waals surface area (Å²) in [5, 5.41) is 0. The van der Waals surface area contributed by atoms with Crippen LogP contribution in [0.3, 0.4) is 0 Å². The third-order valence-electron chi connectivity index (χ3n) is 2.41. The Balaban J connectivity index is 2.08. The van der Waals surface area contributed by atoms with E-state index in [1.54, 1.807) is 0 Å². The Hall–Kier alpha value is -2.30. The van der Waals surface area contributed by atoms with Crippen LogP contribution < -0.4 is 4.74 Å². The van der Waals surface area contributed by atoms with E-state index in [-0.39, 0.29) is 11.3 Å². The van der Waals surface area contributed by atoms with E-state index >= 15 is 0 Å². The summed E-state index contributed by atoms with van der Waals surface area (Å²) in [7, 11) is 0. The van der Waals surface area contributed by atoms with Crippen molar-refractivity contribution in [1.82, 2.24) is 0 Å². The lowest BCUT2D eigenvalue weighted by Gasteiger charge is -2.06. The quantitative estimate of drug-likeness (QED) is 0.629. The fraction of sp³-hybridized carbons (Fsp3) is 0.0714. The fourth-order valence-electron chi connectivity index (χ4n) is 1.51. The lowest BCUT2D eigenvalue weighted by atomic mass is 10.1. The molecule has 0 aromatic heterocycles. The number of hydrogen-bond donors (Lipinski definition) is 0. The van der Waals surface area contributed by atoms with Crippen LogP contribution in [0.15, 0.2) is 42.5 Å². The van der Waals surface area contributed by atoms with Gasteiger partial charge in [-0.1, -0.05) is 18.2 Å². The number of carbonyl (C=O) groups excluding carboxylic acids is 1. The molecule has 0 aliphatic heterocycles. The van der Waals surface area contributed by atoms with Gasteiger partial charge in [0.2, 0.25) is 0 Å². The summed E-state index contributed by atoms with van der Waals surface area (Å²) in [4.78, 5) is 11.5. The third kappa shape index (κ3) is 3.34. The number of esters is 1. The maximum absolute atomic E-state index is 13.3. The second-order valence-electron chi connectivity index (χ2n) is 3.82. The van der Waals surface area contributed by atoms with E-state index in [1.807, 2.05) is 0 Å². The molecule has 0 bridgehead atoms. The monoisotopic (exact) mass is 266 g/mol. The van der Waals surface area contributed by atoms with Crippen molar-refractivity contribution in [3.8, 4) is 5.75 Å². The molecule has 2 aromatic carbocycles. The van der Waals surface area contributed by atoms with Crippen molar-refractivity contribution < 1.29 is 22.7 Å². The number of benzene rings is 2. The lowest BCUT2D eigenvalue weighted by Crippen LogP contribution is -2.13. The van der Waals surface area contributed by atoms with E-state index in [2.05, 4.69) is 0 Å². The van der Waals surface area contributed by atoms with Crippen LogP contribution in [0.1, 0.15) is 5.56 Å². The van der Waals surface area contributed by atoms with Gasteiger partial charge >= 0.3 is 5.97 Å². The van der Waals surface area contributed by atoms with Gasteiger partial charge in [-0.25, -0.2) is 13.2 Å². The average Bonchev–Trinajstić information content (AvgIpc) is 2.36. The van der Waals surface area contributed by atoms with Crippen LogP contribution in [-0.2, 0) is 11.2 Å². The molecule has 5 heteroatoms. The summed E-state index contributed by atoms with van der Waals surface area (Å²) in [5.74, 6) is -3.31. The van der Waals surface area contributed by atoms with Crippen LogP contribution in [0.25, 0.3) is 0 Å². The van der Waals surface area contributed by atoms with Crippen molar-refractivity contribution in [2.45, 2.75) is 6.42 Å². The van der Waals surface area contributed by atoms with E-state index in [9.17, 15) is 18.0 Å². The highest BCUT2D eigenvalue weighted by molar-refractivity contribution is 5.75. The van der Waals surface area contributed by atoms with E-state index in [0.29, 0.717) is 6.07 Å². The van der Waals surface area contributed by atoms with E-state index in [1.165, 1.54) is 18.2 Å². The van der Waals surface area contributed by atoms with Gasteiger partial charge in [-0.05, 0) is 23.8 Å². The number of hydrogen-bond acceptors (Lipinski definition) is 2. The van der Waals surface area contributed by atoms with Crippen molar-refractivity contribution in [2.24, 2.45) is 0 Å². The fourth-order valence-corrected chi connectivity index (χ4v) is 1.51. The van der Waals surface area contributed by atoms with Gasteiger partial charge in [0.1, 0.15) is 11.6 Å². The number of carbonyl (C=O) groups is 1. The highest BCUT2D eigenvalue weighted by atomic mass is 19.1. The predicted octanol–water partition coefficient (Wildman–Crippen LogP) is 3.25. The standard InChI is InChI=1S/C14H9F3O2/c15-10-6-5-9(12(17)8-10)7-14(18)19-13-4-2-1-3-11(13)16/h1-6,8H,7H2. The first kappa shape index (κ1) is 13.1. The molecule has 0 atom stereocenters. The highest BCUT2D eigenvalue weighted by Gasteiger charge is 2.12. The number of halogens is 3. The molecular weight excluding hydrogens is 257 g/mol. The molecule has 19 heavy (non-hydrogen) atoms. The normalized spacial score (nSPS) is 10.3. The van der Waals surface area contributed by atoms with Crippen molar-refractivity contribution in [3.05, 3.63) is 65.5 Å². The Morgan fingerprint density at radius 2 is 1.74 bits per heavy atom. The molecule has 0 aliphatic carbocycles. The second-order valence-corrected chi connectivity index (χ2v) is 3.82. The van der Waals surface area contributed by atoms with E-state index in [0.717, 1.165) is 18.2 Å². The van der Waals surface area contributed by atoms with Crippen LogP contribution in [0.5, 0.6) is 5.75 Å². The Labute approximate surface area is 107 Å². The van der Waals surface area contributed by atoms with Crippen LogP contribution >= 0.6 is 0 Å². The van der Waals surface area contributed by atoms with Crippen LogP contribution in [-0.4, -0.2) is 5.97 Å². The molecule has 0 saturated carbocycles. The molecule has 0 aliphatic rings. The van der Waals surface area contributed by atoms with Crippen LogP contribution in [0.4, 0.5) is 13.2 Å². The number of para-hydroxylation sites is 1. The van der Waals surface area contributed by atoms with Gasteiger partial charge in [0.15, 0.2) is 11.6 Å². The summed E-state index contributed by atoms with van der Waals surface area (Å²) >= 11 is 0. The topological polar surface area (TPSA) is 26.3 Å². The summed E-state index contributed by atoms with van der Waals surface area (Å²) < 4.78 is 44.0. The van der Waals surface area contributed by atoms with Crippen LogP contribution in [0.2, 0.25) is 0 Å². The molecular formula is C14H9F3O2. The first-order chi connectivity index (χ1) is 9.06. The molecule has 2 rings (SSSR count). The number of ether oxygens (including phenoxy) is 1. The summed E-state index contributed by atoms with van der Waals surface area (Å²) in [6, 6.07) is 8.24. The van der Waals surface area contributed by atoms with Crippen molar-refractivity contribution >= 4 is 5.97 Å². The van der Waals surface area contributed by atoms with E-state index < -0.39 is 29.8 Å². The average molecular weight is 266 g/mol. The molecule has 98 valence electrons. The minimum atomic E-state index is -0.842. The maximum atomic E-state index is 13.3. The van der Waals surface area contributed by atoms with E-state index in [4.69, 9.17) is 4.74 Å². The Bertz CT molecular complexity index is 611. The van der Waals surface area contributed by atoms with Gasteiger partial charge in [-0.2, -0.15) is 0 Å². The summed E-state index contributed by atoms with van der Waals surface area (Å²) in [6.07, 6.45) is -0.402. The third-order valence-corrected chi connectivity index (χ3v) is 2.41.